The molecule has 58 valence electrons. The van der Waals surface area contributed by atoms with Crippen LogP contribution in [0.3, 0.4) is 0 Å². The molecule has 1 saturated heterocycles. The molecule has 0 aromatic heterocycles. The minimum atomic E-state index is -4.58. The van der Waals surface area contributed by atoms with Crippen molar-refractivity contribution in [2.45, 2.75) is 12.2 Å². The van der Waals surface area contributed by atoms with Crippen molar-refractivity contribution in [3.05, 3.63) is 0 Å². The molecule has 1 saturated carbocycles. The molecule has 0 N–H and O–H groups in total. The standard InChI is InChI=1S/C5H7BF3O.K/c7-6(8,9)4-1-5(4)2-10-3-5;/h4H,1-3H2;/q-1;+1. The van der Waals surface area contributed by atoms with Crippen LogP contribution in [0.1, 0.15) is 6.42 Å². The molecule has 1 atom stereocenters. The van der Waals surface area contributed by atoms with Crippen LogP contribution < -0.4 is 51.4 Å². The fourth-order valence-electron chi connectivity index (χ4n) is 1.61. The maximum atomic E-state index is 12.0. The van der Waals surface area contributed by atoms with E-state index in [1.807, 2.05) is 0 Å². The summed E-state index contributed by atoms with van der Waals surface area (Å²) in [6.45, 7) is -3.91. The van der Waals surface area contributed by atoms with Crippen LogP contribution in [0.5, 0.6) is 0 Å². The fraction of sp³-hybridized carbons (Fsp3) is 1.00. The SMILES string of the molecule is F[B-](F)(F)C1CC12COC2.[K+]. The van der Waals surface area contributed by atoms with Crippen LogP contribution in [-0.2, 0) is 4.74 Å². The summed E-state index contributed by atoms with van der Waals surface area (Å²) < 4.78 is 40.6. The maximum Gasteiger partial charge on any atom is 1.00 e. The van der Waals surface area contributed by atoms with E-state index in [0.717, 1.165) is 0 Å². The molecule has 1 spiro atoms. The number of rotatable bonds is 1. The quantitative estimate of drug-likeness (QED) is 0.463. The van der Waals surface area contributed by atoms with Crippen molar-refractivity contribution in [3.8, 4) is 0 Å². The van der Waals surface area contributed by atoms with Crippen molar-refractivity contribution in [2.75, 3.05) is 13.2 Å². The Bertz CT molecular complexity index is 168. The Morgan fingerprint density at radius 2 is 1.82 bits per heavy atom. The molecule has 0 aromatic carbocycles. The average molecular weight is 190 g/mol. The molecule has 11 heavy (non-hydrogen) atoms. The van der Waals surface area contributed by atoms with E-state index in [9.17, 15) is 12.9 Å². The Hall–Kier alpha value is 1.45. The predicted molar refractivity (Wildman–Crippen MR) is 30.7 cm³/mol. The number of halogens is 3. The van der Waals surface area contributed by atoms with Gasteiger partial charge in [0.25, 0.3) is 0 Å². The number of hydrogen-bond donors (Lipinski definition) is 0. The van der Waals surface area contributed by atoms with Gasteiger partial charge in [0.05, 0.1) is 13.2 Å². The Kier molecular flexibility index (Phi) is 2.86. The van der Waals surface area contributed by atoms with E-state index in [1.54, 1.807) is 0 Å². The Balaban J connectivity index is 0.000000605. The summed E-state index contributed by atoms with van der Waals surface area (Å²) in [5, 5.41) is 0. The zero-order valence-electron chi connectivity index (χ0n) is 6.32. The molecule has 1 aliphatic heterocycles. The Morgan fingerprint density at radius 3 is 1.91 bits per heavy atom. The van der Waals surface area contributed by atoms with E-state index in [2.05, 4.69) is 0 Å². The van der Waals surface area contributed by atoms with Gasteiger partial charge in [-0.2, -0.15) is 0 Å². The van der Waals surface area contributed by atoms with E-state index in [-0.39, 0.29) is 51.4 Å². The van der Waals surface area contributed by atoms with Crippen LogP contribution in [0, 0.1) is 5.41 Å². The summed E-state index contributed by atoms with van der Waals surface area (Å²) in [4.78, 5) is 0. The van der Waals surface area contributed by atoms with Crippen molar-refractivity contribution in [1.29, 1.82) is 0 Å². The monoisotopic (exact) mass is 190 g/mol. The fourth-order valence-corrected chi connectivity index (χ4v) is 1.61. The van der Waals surface area contributed by atoms with Gasteiger partial charge in [-0.25, -0.2) is 0 Å². The first-order valence-corrected chi connectivity index (χ1v) is 3.32. The Labute approximate surface area is 106 Å². The van der Waals surface area contributed by atoms with Crippen LogP contribution in [0.25, 0.3) is 0 Å². The number of hydrogen-bond acceptors (Lipinski definition) is 1. The first-order valence-electron chi connectivity index (χ1n) is 3.32. The second-order valence-corrected chi connectivity index (χ2v) is 3.29. The normalized spacial score (nSPS) is 32.5. The molecule has 1 nitrogen and oxygen atoms in total. The first kappa shape index (κ1) is 10.5. The van der Waals surface area contributed by atoms with Gasteiger partial charge in [-0.3, -0.25) is 0 Å². The molecule has 2 aliphatic rings. The molecule has 0 amide bonds. The van der Waals surface area contributed by atoms with Gasteiger partial charge in [0.15, 0.2) is 0 Å². The van der Waals surface area contributed by atoms with Gasteiger partial charge in [0.2, 0.25) is 0 Å². The third-order valence-electron chi connectivity index (χ3n) is 2.49. The van der Waals surface area contributed by atoms with Gasteiger partial charge in [-0.15, -0.1) is 0 Å². The minimum absolute atomic E-state index is 0. The third kappa shape index (κ3) is 1.71. The van der Waals surface area contributed by atoms with E-state index in [0.29, 0.717) is 19.6 Å². The molecule has 0 radical (unpaired) electrons. The van der Waals surface area contributed by atoms with E-state index >= 15 is 0 Å². The number of ether oxygens (including phenoxy) is 1. The summed E-state index contributed by atoms with van der Waals surface area (Å²) >= 11 is 0. The summed E-state index contributed by atoms with van der Waals surface area (Å²) in [6, 6.07) is 0. The minimum Gasteiger partial charge on any atom is -0.449 e. The van der Waals surface area contributed by atoms with Crippen LogP contribution in [0.4, 0.5) is 12.9 Å². The zero-order valence-corrected chi connectivity index (χ0v) is 9.44. The smallest absolute Gasteiger partial charge is 0.449 e. The van der Waals surface area contributed by atoms with Crippen LogP contribution >= 0.6 is 0 Å². The molecule has 1 aliphatic carbocycles. The van der Waals surface area contributed by atoms with Gasteiger partial charge >= 0.3 is 58.4 Å². The van der Waals surface area contributed by atoms with Crippen LogP contribution in [0.2, 0.25) is 5.82 Å². The van der Waals surface area contributed by atoms with Crippen molar-refractivity contribution in [2.24, 2.45) is 5.41 Å². The second-order valence-electron chi connectivity index (χ2n) is 3.29. The first-order chi connectivity index (χ1) is 4.55. The molecule has 0 bridgehead atoms. The predicted octanol–water partition coefficient (Wildman–Crippen LogP) is -1.37. The molecule has 1 heterocycles. The van der Waals surface area contributed by atoms with Gasteiger partial charge in [0, 0.05) is 0 Å². The van der Waals surface area contributed by atoms with E-state index < -0.39 is 18.2 Å². The second kappa shape index (κ2) is 2.99. The molecule has 2 rings (SSSR count). The van der Waals surface area contributed by atoms with Crippen molar-refractivity contribution in [3.63, 3.8) is 0 Å². The molecular weight excluding hydrogens is 183 g/mol. The summed E-state index contributed by atoms with van der Waals surface area (Å²) in [5.74, 6) is -0.999. The van der Waals surface area contributed by atoms with Crippen molar-refractivity contribution >= 4 is 6.98 Å². The summed E-state index contributed by atoms with van der Waals surface area (Å²) in [6.07, 6.45) is 0.316. The molecule has 6 heteroatoms. The zero-order chi connectivity index (χ0) is 7.41. The van der Waals surface area contributed by atoms with Gasteiger partial charge in [-0.05, 0) is 5.41 Å². The molecule has 2 fully saturated rings. The summed E-state index contributed by atoms with van der Waals surface area (Å²) in [5.41, 5.74) is -0.446. The van der Waals surface area contributed by atoms with Crippen LogP contribution in [-0.4, -0.2) is 20.2 Å². The van der Waals surface area contributed by atoms with Crippen LogP contribution in [0.15, 0.2) is 0 Å². The molecule has 0 aromatic rings. The maximum absolute atomic E-state index is 12.0. The van der Waals surface area contributed by atoms with Gasteiger partial charge < -0.3 is 17.7 Å². The van der Waals surface area contributed by atoms with E-state index in [1.165, 1.54) is 0 Å². The van der Waals surface area contributed by atoms with Crippen molar-refractivity contribution in [1.82, 2.24) is 0 Å². The topological polar surface area (TPSA) is 9.23 Å². The Morgan fingerprint density at radius 1 is 1.27 bits per heavy atom. The average Bonchev–Trinajstić information content (AvgIpc) is 2.30. The third-order valence-corrected chi connectivity index (χ3v) is 2.49. The molecular formula is C5H7BF3KO. The largest absolute Gasteiger partial charge is 1.00 e. The summed E-state index contributed by atoms with van der Waals surface area (Å²) in [7, 11) is 0. The van der Waals surface area contributed by atoms with Gasteiger partial charge in [-0.1, -0.05) is 12.2 Å². The van der Waals surface area contributed by atoms with Gasteiger partial charge in [0.1, 0.15) is 0 Å². The molecule has 1 unspecified atom stereocenters. The van der Waals surface area contributed by atoms with E-state index in [4.69, 9.17) is 4.74 Å². The van der Waals surface area contributed by atoms with Crippen molar-refractivity contribution < 1.29 is 69.1 Å².